The topological polar surface area (TPSA) is 15.3 Å². The van der Waals surface area contributed by atoms with Gasteiger partial charge in [0, 0.05) is 49.9 Å². The van der Waals surface area contributed by atoms with E-state index in [1.165, 1.54) is 88.9 Å². The molecule has 0 amide bonds. The predicted molar refractivity (Wildman–Crippen MR) is 241 cm³/mol. The van der Waals surface area contributed by atoms with Crippen LogP contribution in [0.2, 0.25) is 0 Å². The van der Waals surface area contributed by atoms with Gasteiger partial charge in [-0.15, -0.1) is 0 Å². The van der Waals surface area contributed by atoms with Crippen LogP contribution < -0.4 is 10.2 Å². The molecule has 2 nitrogen and oxygen atoms in total. The first-order valence-corrected chi connectivity index (χ1v) is 20.4. The molecule has 1 N–H and O–H groups in total. The van der Waals surface area contributed by atoms with Crippen LogP contribution in [0.5, 0.6) is 0 Å². The lowest BCUT2D eigenvalue weighted by molar-refractivity contribution is 0.660. The highest BCUT2D eigenvalue weighted by atomic mass is 15.1. The Morgan fingerprint density at radius 1 is 0.368 bits per heavy atom. The Kier molecular flexibility index (Phi) is 7.03. The van der Waals surface area contributed by atoms with Crippen molar-refractivity contribution < 1.29 is 0 Å². The highest BCUT2D eigenvalue weighted by Crippen LogP contribution is 2.57. The normalized spacial score (nSPS) is 15.6. The number of benzene rings is 8. The SMILES string of the molecule is CC1(C)c2ccccc2-c2ccc(Nc3c4c(cc5ccccc35)C(C)(C)c3cc(N(c5ccccc5)c5ccc6c(c5)C(C)(C)c5ccccc5-6)ccc3-4)cc21. The first-order chi connectivity index (χ1) is 27.5. The molecule has 8 aromatic rings. The summed E-state index contributed by atoms with van der Waals surface area (Å²) in [5.74, 6) is 0. The summed E-state index contributed by atoms with van der Waals surface area (Å²) < 4.78 is 0. The number of anilines is 5. The summed E-state index contributed by atoms with van der Waals surface area (Å²) >= 11 is 0. The molecule has 57 heavy (non-hydrogen) atoms. The average molecular weight is 735 g/mol. The van der Waals surface area contributed by atoms with Crippen molar-refractivity contribution in [2.45, 2.75) is 57.8 Å². The van der Waals surface area contributed by atoms with Gasteiger partial charge in [-0.05, 0) is 121 Å². The Morgan fingerprint density at radius 2 is 0.860 bits per heavy atom. The van der Waals surface area contributed by atoms with Crippen LogP contribution in [0.4, 0.5) is 28.4 Å². The van der Waals surface area contributed by atoms with E-state index in [4.69, 9.17) is 0 Å². The van der Waals surface area contributed by atoms with E-state index >= 15 is 0 Å². The number of nitrogens with zero attached hydrogens (tertiary/aromatic N) is 1. The molecule has 8 aromatic carbocycles. The van der Waals surface area contributed by atoms with Crippen LogP contribution in [-0.4, -0.2) is 0 Å². The molecular formula is C55H46N2. The van der Waals surface area contributed by atoms with Crippen LogP contribution in [-0.2, 0) is 16.2 Å². The summed E-state index contributed by atoms with van der Waals surface area (Å²) in [5.41, 5.74) is 21.6. The lowest BCUT2D eigenvalue weighted by Gasteiger charge is -2.29. The van der Waals surface area contributed by atoms with Gasteiger partial charge in [-0.3, -0.25) is 0 Å². The van der Waals surface area contributed by atoms with Crippen molar-refractivity contribution in [3.63, 3.8) is 0 Å². The zero-order valence-electron chi connectivity index (χ0n) is 33.5. The average Bonchev–Trinajstić information content (AvgIpc) is 3.70. The standard InChI is InChI=1S/C55H46N2/c1-53(2)45-22-14-12-20-40(45)42-27-24-35(31-47(42)53)56-52-39-19-11-10-16-34(39)30-50-51(52)44-29-26-38(33-49(44)55(50,5)6)57(36-17-8-7-9-18-36)37-25-28-43-41-21-13-15-23-46(41)54(3,4)48(43)32-37/h7-33,56H,1-6H3. The first-order valence-electron chi connectivity index (χ1n) is 20.4. The molecule has 0 aromatic heterocycles. The van der Waals surface area contributed by atoms with Crippen molar-refractivity contribution in [3.8, 4) is 33.4 Å². The van der Waals surface area contributed by atoms with Gasteiger partial charge < -0.3 is 10.2 Å². The van der Waals surface area contributed by atoms with E-state index in [1.54, 1.807) is 0 Å². The van der Waals surface area contributed by atoms with E-state index < -0.39 is 0 Å². The quantitative estimate of drug-likeness (QED) is 0.189. The monoisotopic (exact) mass is 734 g/mol. The zero-order valence-corrected chi connectivity index (χ0v) is 33.5. The number of para-hydroxylation sites is 1. The molecule has 11 rings (SSSR count). The lowest BCUT2D eigenvalue weighted by atomic mass is 9.81. The van der Waals surface area contributed by atoms with Crippen molar-refractivity contribution in [3.05, 3.63) is 197 Å². The summed E-state index contributed by atoms with van der Waals surface area (Å²) in [6.45, 7) is 14.2. The third kappa shape index (κ3) is 4.77. The molecule has 0 unspecified atom stereocenters. The van der Waals surface area contributed by atoms with E-state index in [9.17, 15) is 0 Å². The van der Waals surface area contributed by atoms with Crippen molar-refractivity contribution in [1.82, 2.24) is 0 Å². The molecule has 0 saturated heterocycles. The summed E-state index contributed by atoms with van der Waals surface area (Å²) in [6.07, 6.45) is 0. The Morgan fingerprint density at radius 3 is 1.53 bits per heavy atom. The molecule has 0 saturated carbocycles. The van der Waals surface area contributed by atoms with Crippen molar-refractivity contribution in [2.75, 3.05) is 10.2 Å². The molecule has 3 aliphatic rings. The van der Waals surface area contributed by atoms with Crippen molar-refractivity contribution >= 4 is 39.2 Å². The van der Waals surface area contributed by atoms with Gasteiger partial charge in [-0.2, -0.15) is 0 Å². The fourth-order valence-corrected chi connectivity index (χ4v) is 10.6. The van der Waals surface area contributed by atoms with Crippen molar-refractivity contribution in [1.29, 1.82) is 0 Å². The van der Waals surface area contributed by atoms with Crippen molar-refractivity contribution in [2.24, 2.45) is 0 Å². The predicted octanol–water partition coefficient (Wildman–Crippen LogP) is 15.0. The number of nitrogens with one attached hydrogen (secondary N) is 1. The van der Waals surface area contributed by atoms with Gasteiger partial charge in [0.15, 0.2) is 0 Å². The molecule has 0 spiro atoms. The molecule has 2 heteroatoms. The summed E-state index contributed by atoms with van der Waals surface area (Å²) in [4.78, 5) is 2.44. The fraction of sp³-hybridized carbons (Fsp3) is 0.164. The Bertz CT molecular complexity index is 2960. The van der Waals surface area contributed by atoms with Gasteiger partial charge >= 0.3 is 0 Å². The lowest BCUT2D eigenvalue weighted by Crippen LogP contribution is -2.18. The van der Waals surface area contributed by atoms with E-state index in [0.29, 0.717) is 0 Å². The minimum Gasteiger partial charge on any atom is -0.354 e. The molecule has 0 fully saturated rings. The summed E-state index contributed by atoms with van der Waals surface area (Å²) in [6, 6.07) is 61.1. The van der Waals surface area contributed by atoms with Gasteiger partial charge in [0.1, 0.15) is 0 Å². The van der Waals surface area contributed by atoms with Crippen LogP contribution in [0.1, 0.15) is 74.9 Å². The minimum absolute atomic E-state index is 0.0709. The zero-order chi connectivity index (χ0) is 38.8. The van der Waals surface area contributed by atoms with Crippen LogP contribution in [0.25, 0.3) is 44.2 Å². The number of hydrogen-bond acceptors (Lipinski definition) is 2. The molecule has 0 bridgehead atoms. The van der Waals surface area contributed by atoms with Crippen LogP contribution in [0, 0.1) is 0 Å². The minimum atomic E-state index is -0.230. The third-order valence-corrected chi connectivity index (χ3v) is 13.6. The van der Waals surface area contributed by atoms with E-state index in [0.717, 1.165) is 17.1 Å². The molecule has 0 radical (unpaired) electrons. The maximum atomic E-state index is 4.04. The smallest absolute Gasteiger partial charge is 0.0546 e. The van der Waals surface area contributed by atoms with Crippen LogP contribution in [0.3, 0.4) is 0 Å². The maximum absolute atomic E-state index is 4.04. The molecular weight excluding hydrogens is 689 g/mol. The van der Waals surface area contributed by atoms with Gasteiger partial charge in [0.2, 0.25) is 0 Å². The van der Waals surface area contributed by atoms with E-state index in [-0.39, 0.29) is 16.2 Å². The summed E-state index contributed by atoms with van der Waals surface area (Å²) in [7, 11) is 0. The van der Waals surface area contributed by atoms with Crippen LogP contribution >= 0.6 is 0 Å². The Balaban J connectivity index is 1.06. The summed E-state index contributed by atoms with van der Waals surface area (Å²) in [5, 5.41) is 6.53. The second-order valence-corrected chi connectivity index (χ2v) is 17.9. The number of hydrogen-bond donors (Lipinski definition) is 1. The van der Waals surface area contributed by atoms with Gasteiger partial charge in [0.25, 0.3) is 0 Å². The van der Waals surface area contributed by atoms with Gasteiger partial charge in [0.05, 0.1) is 5.69 Å². The Labute approximate surface area is 336 Å². The molecule has 3 aliphatic carbocycles. The Hall–Kier alpha value is -6.38. The molecule has 276 valence electrons. The third-order valence-electron chi connectivity index (χ3n) is 13.6. The molecule has 0 heterocycles. The highest BCUT2D eigenvalue weighted by Gasteiger charge is 2.40. The second kappa shape index (κ2) is 11.8. The van der Waals surface area contributed by atoms with Crippen LogP contribution in [0.15, 0.2) is 164 Å². The van der Waals surface area contributed by atoms with E-state index in [1.807, 2.05) is 0 Å². The number of fused-ring (bicyclic) bond motifs is 10. The maximum Gasteiger partial charge on any atom is 0.0546 e. The molecule has 0 atom stereocenters. The van der Waals surface area contributed by atoms with Gasteiger partial charge in [-0.1, -0.05) is 151 Å². The number of rotatable bonds is 5. The first kappa shape index (κ1) is 33.9. The highest BCUT2D eigenvalue weighted by molar-refractivity contribution is 6.08. The second-order valence-electron chi connectivity index (χ2n) is 17.9. The molecule has 0 aliphatic heterocycles. The largest absolute Gasteiger partial charge is 0.354 e. The fourth-order valence-electron chi connectivity index (χ4n) is 10.6. The van der Waals surface area contributed by atoms with Gasteiger partial charge in [-0.25, -0.2) is 0 Å². The van der Waals surface area contributed by atoms with E-state index in [2.05, 4.69) is 216 Å².